The van der Waals surface area contributed by atoms with Crippen molar-refractivity contribution in [2.45, 2.75) is 63.2 Å². The Kier molecular flexibility index (Phi) is 6.25. The number of carbonyl (C=O) groups excluding carboxylic acids is 1. The Balaban J connectivity index is 2.74. The Morgan fingerprint density at radius 1 is 1.39 bits per heavy atom. The summed E-state index contributed by atoms with van der Waals surface area (Å²) in [7, 11) is -1.97. The fourth-order valence-electron chi connectivity index (χ4n) is 3.18. The minimum atomic E-state index is -4.09. The Hall–Kier alpha value is -1.94. The van der Waals surface area contributed by atoms with Crippen LogP contribution in [0.2, 0.25) is 0 Å². The summed E-state index contributed by atoms with van der Waals surface area (Å²) in [6.45, 7) is 5.95. The van der Waals surface area contributed by atoms with E-state index in [2.05, 4.69) is 9.46 Å². The Morgan fingerprint density at radius 3 is 2.57 bits per heavy atom. The molecule has 156 valence electrons. The first-order chi connectivity index (χ1) is 12.9. The van der Waals surface area contributed by atoms with Crippen molar-refractivity contribution in [3.05, 3.63) is 39.4 Å². The second-order valence-corrected chi connectivity index (χ2v) is 9.60. The lowest BCUT2D eigenvalue weighted by Gasteiger charge is -2.44. The van der Waals surface area contributed by atoms with Crippen molar-refractivity contribution >= 4 is 22.6 Å². The summed E-state index contributed by atoms with van der Waals surface area (Å²) in [6, 6.07) is 3.68. The zero-order valence-electron chi connectivity index (χ0n) is 16.2. The summed E-state index contributed by atoms with van der Waals surface area (Å²) in [5, 5.41) is 11.2. The van der Waals surface area contributed by atoms with Crippen molar-refractivity contribution in [1.82, 2.24) is 4.72 Å². The molecule has 7 nitrogen and oxygen atoms in total. The number of halogens is 2. The van der Waals surface area contributed by atoms with Gasteiger partial charge in [0.25, 0.3) is 5.69 Å². The van der Waals surface area contributed by atoms with Gasteiger partial charge in [-0.2, -0.15) is 8.78 Å². The number of hydrogen-bond donors (Lipinski definition) is 1. The molecule has 2 rings (SSSR count). The van der Waals surface area contributed by atoms with E-state index in [1.54, 1.807) is 20.8 Å². The molecule has 1 aliphatic carbocycles. The monoisotopic (exact) mass is 418 g/mol. The maximum atomic E-state index is 15.5. The van der Waals surface area contributed by atoms with Crippen molar-refractivity contribution in [3.8, 4) is 0 Å². The molecular formula is C18H24F2N2O5S. The highest BCUT2D eigenvalue weighted by molar-refractivity contribution is 7.84. The Bertz CT molecular complexity index is 810. The van der Waals surface area contributed by atoms with Crippen LogP contribution in [0.1, 0.15) is 51.7 Å². The number of nitro benzene ring substituents is 1. The van der Waals surface area contributed by atoms with Crippen molar-refractivity contribution < 1.29 is 27.4 Å². The number of esters is 1. The van der Waals surface area contributed by atoms with E-state index in [9.17, 15) is 19.1 Å². The number of aryl methyl sites for hydroxylation is 1. The van der Waals surface area contributed by atoms with E-state index < -0.39 is 38.1 Å². The fourth-order valence-corrected chi connectivity index (χ4v) is 4.14. The zero-order chi connectivity index (χ0) is 21.3. The molecule has 2 atom stereocenters. The third kappa shape index (κ3) is 3.93. The SMILES string of the molecule is CCOC(=O)C(F)(F)[C@@]1(NS(=O)C(C)(C)C)CCCc2ccc([N+](=O)[O-])cc21. The van der Waals surface area contributed by atoms with Gasteiger partial charge in [0.2, 0.25) is 0 Å². The molecule has 0 radical (unpaired) electrons. The van der Waals surface area contributed by atoms with Crippen LogP contribution in [0.15, 0.2) is 18.2 Å². The van der Waals surface area contributed by atoms with Gasteiger partial charge in [-0.25, -0.2) is 13.7 Å². The molecule has 28 heavy (non-hydrogen) atoms. The number of nitrogens with zero attached hydrogens (tertiary/aromatic N) is 1. The van der Waals surface area contributed by atoms with Gasteiger partial charge in [0.15, 0.2) is 0 Å². The number of benzene rings is 1. The van der Waals surface area contributed by atoms with E-state index in [0.29, 0.717) is 12.0 Å². The van der Waals surface area contributed by atoms with Gasteiger partial charge >= 0.3 is 11.9 Å². The lowest BCUT2D eigenvalue weighted by molar-refractivity contribution is -0.385. The number of rotatable bonds is 6. The second-order valence-electron chi connectivity index (χ2n) is 7.64. The van der Waals surface area contributed by atoms with Crippen LogP contribution in [0.3, 0.4) is 0 Å². The molecule has 1 aromatic rings. The van der Waals surface area contributed by atoms with Crippen molar-refractivity contribution in [1.29, 1.82) is 0 Å². The number of ether oxygens (including phenoxy) is 1. The van der Waals surface area contributed by atoms with E-state index in [1.807, 2.05) is 0 Å². The number of nitrogens with one attached hydrogen (secondary N) is 1. The van der Waals surface area contributed by atoms with Gasteiger partial charge in [-0.1, -0.05) is 6.07 Å². The van der Waals surface area contributed by atoms with E-state index in [4.69, 9.17) is 0 Å². The Labute approximate surface area is 164 Å². The first-order valence-corrected chi connectivity index (χ1v) is 10.0. The molecule has 0 heterocycles. The third-order valence-corrected chi connectivity index (χ3v) is 6.30. The summed E-state index contributed by atoms with van der Waals surface area (Å²) in [4.78, 5) is 22.7. The number of alkyl halides is 2. The predicted octanol–water partition coefficient (Wildman–Crippen LogP) is 3.38. The summed E-state index contributed by atoms with van der Waals surface area (Å²) < 4.78 is 49.9. The molecule has 0 aromatic heterocycles. The highest BCUT2D eigenvalue weighted by Gasteiger charge is 2.63. The number of non-ortho nitro benzene ring substituents is 1. The molecule has 0 fully saturated rings. The molecule has 0 spiro atoms. The minimum Gasteiger partial charge on any atom is -0.461 e. The van der Waals surface area contributed by atoms with Gasteiger partial charge in [0.05, 0.1) is 27.3 Å². The average molecular weight is 418 g/mol. The highest BCUT2D eigenvalue weighted by atomic mass is 32.2. The number of nitro groups is 1. The van der Waals surface area contributed by atoms with Crippen LogP contribution >= 0.6 is 0 Å². The molecule has 10 heteroatoms. The molecule has 0 bridgehead atoms. The normalized spacial score (nSPS) is 20.9. The number of hydrogen-bond acceptors (Lipinski definition) is 5. The largest absolute Gasteiger partial charge is 0.461 e. The van der Waals surface area contributed by atoms with Crippen LogP contribution in [-0.2, 0) is 32.5 Å². The molecule has 0 amide bonds. The zero-order valence-corrected chi connectivity index (χ0v) is 17.0. The maximum Gasteiger partial charge on any atom is 0.379 e. The van der Waals surface area contributed by atoms with E-state index in [1.165, 1.54) is 19.1 Å². The lowest BCUT2D eigenvalue weighted by Crippen LogP contribution is -2.63. The van der Waals surface area contributed by atoms with Crippen LogP contribution < -0.4 is 4.72 Å². The maximum absolute atomic E-state index is 15.5. The van der Waals surface area contributed by atoms with Crippen LogP contribution in [0.5, 0.6) is 0 Å². The fraction of sp³-hybridized carbons (Fsp3) is 0.611. The van der Waals surface area contributed by atoms with Gasteiger partial charge in [-0.05, 0) is 58.1 Å². The first-order valence-electron chi connectivity index (χ1n) is 8.89. The summed E-state index contributed by atoms with van der Waals surface area (Å²) in [5.74, 6) is -5.85. The molecule has 1 unspecified atom stereocenters. The predicted molar refractivity (Wildman–Crippen MR) is 100 cm³/mol. The molecular weight excluding hydrogens is 394 g/mol. The third-order valence-electron chi connectivity index (χ3n) is 4.65. The van der Waals surface area contributed by atoms with E-state index in [0.717, 1.165) is 6.07 Å². The molecule has 1 N–H and O–H groups in total. The summed E-state index contributed by atoms with van der Waals surface area (Å²) >= 11 is 0. The summed E-state index contributed by atoms with van der Waals surface area (Å²) in [5.41, 5.74) is -2.41. The van der Waals surface area contributed by atoms with Gasteiger partial charge in [-0.3, -0.25) is 10.1 Å². The lowest BCUT2D eigenvalue weighted by atomic mass is 9.73. The van der Waals surface area contributed by atoms with Crippen LogP contribution in [0.4, 0.5) is 14.5 Å². The molecule has 0 saturated heterocycles. The van der Waals surface area contributed by atoms with Gasteiger partial charge < -0.3 is 4.74 Å². The highest BCUT2D eigenvalue weighted by Crippen LogP contribution is 2.48. The molecule has 0 saturated carbocycles. The quantitative estimate of drug-likeness (QED) is 0.434. The molecule has 1 aliphatic rings. The first kappa shape index (κ1) is 22.4. The molecule has 0 aliphatic heterocycles. The van der Waals surface area contributed by atoms with Crippen molar-refractivity contribution in [2.75, 3.05) is 6.61 Å². The van der Waals surface area contributed by atoms with Crippen molar-refractivity contribution in [2.24, 2.45) is 0 Å². The standard InChI is InChI=1S/C18H24F2N2O5S/c1-5-27-15(23)18(19,20)17(21-28(26)16(2,3)4)10-6-7-12-8-9-13(22(24)25)11-14(12)17/h8-9,11,21H,5-7,10H2,1-4H3/t17-,28?/m1/s1. The number of carbonyl (C=O) groups is 1. The topological polar surface area (TPSA) is 98.5 Å². The smallest absolute Gasteiger partial charge is 0.379 e. The van der Waals surface area contributed by atoms with Crippen LogP contribution in [0, 0.1) is 10.1 Å². The number of fused-ring (bicyclic) bond motifs is 1. The van der Waals surface area contributed by atoms with Crippen molar-refractivity contribution in [3.63, 3.8) is 0 Å². The van der Waals surface area contributed by atoms with E-state index in [-0.39, 0.29) is 30.7 Å². The minimum absolute atomic E-state index is 0.0939. The van der Waals surface area contributed by atoms with E-state index >= 15 is 8.78 Å². The Morgan fingerprint density at radius 2 is 2.04 bits per heavy atom. The van der Waals surface area contributed by atoms with Gasteiger partial charge in [0, 0.05) is 12.1 Å². The van der Waals surface area contributed by atoms with Gasteiger partial charge in [-0.15, -0.1) is 0 Å². The molecule has 1 aromatic carbocycles. The second kappa shape index (κ2) is 7.82. The average Bonchev–Trinajstić information content (AvgIpc) is 2.60. The summed E-state index contributed by atoms with van der Waals surface area (Å²) in [6.07, 6.45) is 0.473. The van der Waals surface area contributed by atoms with Gasteiger partial charge in [0.1, 0.15) is 5.54 Å². The van der Waals surface area contributed by atoms with Crippen LogP contribution in [0.25, 0.3) is 0 Å². The van der Waals surface area contributed by atoms with Crippen LogP contribution in [-0.4, -0.2) is 32.4 Å².